The second-order valence-corrected chi connectivity index (χ2v) is 5.21. The highest BCUT2D eigenvalue weighted by atomic mass is 19.1. The smallest absolute Gasteiger partial charge is 0.294 e. The molecule has 9 heteroatoms. The van der Waals surface area contributed by atoms with Gasteiger partial charge >= 0.3 is 0 Å². The minimum Gasteiger partial charge on any atom is -0.504 e. The number of nitrogens with zero attached hydrogens (tertiary/aromatic N) is 2. The summed E-state index contributed by atoms with van der Waals surface area (Å²) in [4.78, 5) is 23.9. The van der Waals surface area contributed by atoms with Crippen LogP contribution in [0.15, 0.2) is 54.7 Å². The number of hydrogen-bond donors (Lipinski definition) is 3. The molecular weight excluding hydrogens is 346 g/mol. The lowest BCUT2D eigenvalue weighted by Crippen LogP contribution is -2.42. The number of hydrazine groups is 1. The number of aromatic nitrogens is 2. The lowest BCUT2D eigenvalue weighted by atomic mass is 10.2. The van der Waals surface area contributed by atoms with Crippen molar-refractivity contribution in [3.05, 3.63) is 77.6 Å². The predicted octanol–water partition coefficient (Wildman–Crippen LogP) is 1.93. The van der Waals surface area contributed by atoms with Crippen LogP contribution >= 0.6 is 0 Å². The van der Waals surface area contributed by atoms with Crippen molar-refractivity contribution in [3.8, 4) is 11.4 Å². The molecule has 3 rings (SSSR count). The first-order valence-corrected chi connectivity index (χ1v) is 7.35. The van der Waals surface area contributed by atoms with Gasteiger partial charge in [0.05, 0.1) is 11.9 Å². The van der Waals surface area contributed by atoms with E-state index in [-0.39, 0.29) is 11.3 Å². The summed E-state index contributed by atoms with van der Waals surface area (Å²) in [5, 5.41) is 13.8. The Balaban J connectivity index is 1.70. The van der Waals surface area contributed by atoms with E-state index in [1.54, 1.807) is 30.3 Å². The van der Waals surface area contributed by atoms with Gasteiger partial charge in [-0.15, -0.1) is 0 Å². The zero-order chi connectivity index (χ0) is 18.7. The number of benzene rings is 2. The number of para-hydroxylation sites is 1. The summed E-state index contributed by atoms with van der Waals surface area (Å²) in [7, 11) is 0. The minimum atomic E-state index is -0.932. The van der Waals surface area contributed by atoms with E-state index in [4.69, 9.17) is 0 Å². The summed E-state index contributed by atoms with van der Waals surface area (Å²) in [6.07, 6.45) is 1.23. The second kappa shape index (κ2) is 7.01. The Kier molecular flexibility index (Phi) is 4.61. The average molecular weight is 358 g/mol. The zero-order valence-electron chi connectivity index (χ0n) is 13.1. The highest BCUT2D eigenvalue weighted by Crippen LogP contribution is 2.17. The van der Waals surface area contributed by atoms with Gasteiger partial charge in [0.25, 0.3) is 11.8 Å². The summed E-state index contributed by atoms with van der Waals surface area (Å²) in [5.74, 6) is -4.10. The maximum atomic E-state index is 13.1. The van der Waals surface area contributed by atoms with E-state index in [1.807, 2.05) is 10.9 Å². The second-order valence-electron chi connectivity index (χ2n) is 5.21. The van der Waals surface area contributed by atoms with Gasteiger partial charge in [-0.3, -0.25) is 20.4 Å². The number of carbonyl (C=O) groups excluding carboxylic acids is 2. The molecule has 2 amide bonds. The fourth-order valence-electron chi connectivity index (χ4n) is 2.17. The van der Waals surface area contributed by atoms with Crippen LogP contribution in [-0.2, 0) is 0 Å². The van der Waals surface area contributed by atoms with Crippen molar-refractivity contribution in [2.45, 2.75) is 0 Å². The zero-order valence-corrected chi connectivity index (χ0v) is 13.1. The Morgan fingerprint density at radius 1 is 0.962 bits per heavy atom. The SMILES string of the molecule is O=C(NNC(=O)c1nn(-c2ccccc2)cc1O)c1cc(F)cc(F)c1. The molecule has 7 nitrogen and oxygen atoms in total. The van der Waals surface area contributed by atoms with Crippen LogP contribution in [0.2, 0.25) is 0 Å². The van der Waals surface area contributed by atoms with Gasteiger partial charge in [0.2, 0.25) is 0 Å². The first kappa shape index (κ1) is 17.1. The van der Waals surface area contributed by atoms with Crippen LogP contribution in [0.1, 0.15) is 20.8 Å². The molecule has 3 N–H and O–H groups in total. The number of hydrogen-bond acceptors (Lipinski definition) is 4. The normalized spacial score (nSPS) is 10.4. The van der Waals surface area contributed by atoms with Gasteiger partial charge in [-0.25, -0.2) is 13.5 Å². The van der Waals surface area contributed by atoms with Gasteiger partial charge in [-0.2, -0.15) is 5.10 Å². The van der Waals surface area contributed by atoms with E-state index in [1.165, 1.54) is 10.9 Å². The molecule has 0 saturated heterocycles. The van der Waals surface area contributed by atoms with Crippen LogP contribution in [0.4, 0.5) is 8.78 Å². The van der Waals surface area contributed by atoms with Crippen LogP contribution in [-0.4, -0.2) is 26.7 Å². The maximum absolute atomic E-state index is 13.1. The molecule has 0 radical (unpaired) electrons. The number of aromatic hydroxyl groups is 1. The van der Waals surface area contributed by atoms with Crippen LogP contribution in [0.5, 0.6) is 5.75 Å². The summed E-state index contributed by atoms with van der Waals surface area (Å²) >= 11 is 0. The fraction of sp³-hybridized carbons (Fsp3) is 0. The molecule has 2 aromatic carbocycles. The molecule has 0 unspecified atom stereocenters. The van der Waals surface area contributed by atoms with Crippen molar-refractivity contribution < 1.29 is 23.5 Å². The summed E-state index contributed by atoms with van der Waals surface area (Å²) in [5.41, 5.74) is 3.98. The van der Waals surface area contributed by atoms with Gasteiger partial charge in [-0.1, -0.05) is 18.2 Å². The lowest BCUT2D eigenvalue weighted by Gasteiger charge is -2.06. The Morgan fingerprint density at radius 2 is 1.58 bits per heavy atom. The molecule has 0 bridgehead atoms. The van der Waals surface area contributed by atoms with E-state index < -0.39 is 29.2 Å². The van der Waals surface area contributed by atoms with Crippen molar-refractivity contribution in [1.82, 2.24) is 20.6 Å². The molecule has 132 valence electrons. The van der Waals surface area contributed by atoms with E-state index in [0.717, 1.165) is 12.1 Å². The molecule has 0 atom stereocenters. The monoisotopic (exact) mass is 358 g/mol. The molecule has 0 aliphatic heterocycles. The Morgan fingerprint density at radius 3 is 2.23 bits per heavy atom. The third kappa shape index (κ3) is 3.66. The largest absolute Gasteiger partial charge is 0.504 e. The number of carbonyl (C=O) groups is 2. The summed E-state index contributed by atoms with van der Waals surface area (Å²) < 4.78 is 27.5. The molecule has 0 fully saturated rings. The Hall–Kier alpha value is -3.75. The van der Waals surface area contributed by atoms with Crippen molar-refractivity contribution in [2.75, 3.05) is 0 Å². The number of rotatable bonds is 3. The highest BCUT2D eigenvalue weighted by Gasteiger charge is 2.18. The van der Waals surface area contributed by atoms with Crippen LogP contribution in [0.3, 0.4) is 0 Å². The van der Waals surface area contributed by atoms with Gasteiger partial charge in [0.15, 0.2) is 11.4 Å². The molecule has 0 aliphatic carbocycles. The van der Waals surface area contributed by atoms with Crippen molar-refractivity contribution in [3.63, 3.8) is 0 Å². The molecule has 0 spiro atoms. The highest BCUT2D eigenvalue weighted by molar-refractivity contribution is 5.99. The van der Waals surface area contributed by atoms with Crippen LogP contribution < -0.4 is 10.9 Å². The van der Waals surface area contributed by atoms with Crippen molar-refractivity contribution in [1.29, 1.82) is 0 Å². The molecule has 1 aromatic heterocycles. The summed E-state index contributed by atoms with van der Waals surface area (Å²) in [6.45, 7) is 0. The van der Waals surface area contributed by atoms with Crippen LogP contribution in [0, 0.1) is 11.6 Å². The molecular formula is C17H12F2N4O3. The van der Waals surface area contributed by atoms with Gasteiger partial charge in [-0.05, 0) is 24.3 Å². The summed E-state index contributed by atoms with van der Waals surface area (Å²) in [6, 6.07) is 11.0. The fourth-order valence-corrected chi connectivity index (χ4v) is 2.17. The number of nitrogens with one attached hydrogen (secondary N) is 2. The quantitative estimate of drug-likeness (QED) is 0.624. The molecule has 0 aliphatic rings. The molecule has 0 saturated carbocycles. The van der Waals surface area contributed by atoms with E-state index in [2.05, 4.69) is 5.10 Å². The van der Waals surface area contributed by atoms with E-state index >= 15 is 0 Å². The first-order chi connectivity index (χ1) is 12.4. The maximum Gasteiger partial charge on any atom is 0.294 e. The Labute approximate surface area is 145 Å². The minimum absolute atomic E-state index is 0.318. The Bertz CT molecular complexity index is 953. The van der Waals surface area contributed by atoms with Crippen molar-refractivity contribution >= 4 is 11.8 Å². The third-order valence-electron chi connectivity index (χ3n) is 3.35. The number of halogens is 2. The molecule has 26 heavy (non-hydrogen) atoms. The molecule has 1 heterocycles. The molecule has 3 aromatic rings. The van der Waals surface area contributed by atoms with E-state index in [9.17, 15) is 23.5 Å². The van der Waals surface area contributed by atoms with E-state index in [0.29, 0.717) is 11.8 Å². The lowest BCUT2D eigenvalue weighted by molar-refractivity contribution is 0.0841. The standard InChI is InChI=1S/C17H12F2N4O3/c18-11-6-10(7-12(19)8-11)16(25)20-21-17(26)15-14(24)9-23(22-15)13-4-2-1-3-5-13/h1-9,24H,(H,20,25)(H,21,26). The first-order valence-electron chi connectivity index (χ1n) is 7.35. The number of amides is 2. The van der Waals surface area contributed by atoms with Gasteiger partial charge in [0, 0.05) is 11.6 Å². The average Bonchev–Trinajstić information content (AvgIpc) is 3.01. The predicted molar refractivity (Wildman–Crippen MR) is 86.5 cm³/mol. The van der Waals surface area contributed by atoms with Gasteiger partial charge < -0.3 is 5.11 Å². The van der Waals surface area contributed by atoms with Crippen molar-refractivity contribution in [2.24, 2.45) is 0 Å². The van der Waals surface area contributed by atoms with Gasteiger partial charge in [0.1, 0.15) is 11.6 Å². The topological polar surface area (TPSA) is 96.3 Å². The van der Waals surface area contributed by atoms with Crippen LogP contribution in [0.25, 0.3) is 5.69 Å². The third-order valence-corrected chi connectivity index (χ3v) is 3.35.